The third-order valence-electron chi connectivity index (χ3n) is 3.30. The second-order valence-electron chi connectivity index (χ2n) is 4.48. The van der Waals surface area contributed by atoms with Gasteiger partial charge in [0.25, 0.3) is 5.91 Å². The fourth-order valence-electron chi connectivity index (χ4n) is 2.22. The monoisotopic (exact) mass is 283 g/mol. The molecule has 4 atom stereocenters. The number of rotatable bonds is 2. The third-order valence-corrected chi connectivity index (χ3v) is 3.30. The van der Waals surface area contributed by atoms with Crippen molar-refractivity contribution in [2.24, 2.45) is 0 Å². The number of anilines is 1. The summed E-state index contributed by atoms with van der Waals surface area (Å²) in [6, 6.07) is 0. The first kappa shape index (κ1) is 13.1. The molecule has 20 heavy (non-hydrogen) atoms. The molecule has 2 aromatic heterocycles. The Balaban J connectivity index is 2.13. The summed E-state index contributed by atoms with van der Waals surface area (Å²) in [6.07, 6.45) is -1.95. The molecule has 0 unspecified atom stereocenters. The van der Waals surface area contributed by atoms with Gasteiger partial charge in [-0.1, -0.05) is 0 Å². The summed E-state index contributed by atoms with van der Waals surface area (Å²) in [7, 11) is 0. The predicted molar refractivity (Wildman–Crippen MR) is 63.9 cm³/mol. The van der Waals surface area contributed by atoms with Crippen molar-refractivity contribution in [3.63, 3.8) is 0 Å². The Bertz CT molecular complexity index is 648. The van der Waals surface area contributed by atoms with Crippen LogP contribution in [0, 0.1) is 0 Å². The van der Waals surface area contributed by atoms with Crippen molar-refractivity contribution in [1.29, 1.82) is 0 Å². The summed E-state index contributed by atoms with van der Waals surface area (Å²) in [5.41, 5.74) is 5.98. The van der Waals surface area contributed by atoms with E-state index < -0.39 is 30.8 Å². The summed E-state index contributed by atoms with van der Waals surface area (Å²) < 4.78 is 6.17. The van der Waals surface area contributed by atoms with Crippen LogP contribution < -0.4 is 5.73 Å². The number of hydrogen-bond acceptors (Lipinski definition) is 9. The van der Waals surface area contributed by atoms with E-state index in [9.17, 15) is 15.3 Å². The molecular weight excluding hydrogens is 270 g/mol. The number of fused-ring (bicyclic) bond motifs is 1. The molecule has 6 N–H and O–H groups in total. The molecule has 0 bridgehead atoms. The molecule has 1 aliphatic heterocycles. The van der Waals surface area contributed by atoms with Crippen LogP contribution in [0.5, 0.6) is 0 Å². The second kappa shape index (κ2) is 4.33. The van der Waals surface area contributed by atoms with E-state index >= 15 is 0 Å². The standard InChI is InChI=1S/C10H13N5O5/c11-8-5-9(13-2-12-8)15(3-14-5)10(19)7(18)6(17)4(1-16)20-10/h2-4,6-7,16-19H,1H2,(H2,11,12,13)/t4-,6-,7-,10-/m1/s1. The first-order valence-electron chi connectivity index (χ1n) is 5.80. The van der Waals surface area contributed by atoms with Crippen molar-refractivity contribution in [3.05, 3.63) is 12.7 Å². The van der Waals surface area contributed by atoms with Gasteiger partial charge in [-0.2, -0.15) is 0 Å². The van der Waals surface area contributed by atoms with Gasteiger partial charge in [-0.3, -0.25) is 4.57 Å². The van der Waals surface area contributed by atoms with Gasteiger partial charge in [0.05, 0.1) is 6.61 Å². The zero-order chi connectivity index (χ0) is 14.5. The summed E-state index contributed by atoms with van der Waals surface area (Å²) in [4.78, 5) is 11.6. The van der Waals surface area contributed by atoms with Crippen LogP contribution in [0.3, 0.4) is 0 Å². The molecule has 0 aliphatic carbocycles. The normalized spacial score (nSPS) is 33.9. The van der Waals surface area contributed by atoms with Gasteiger partial charge < -0.3 is 30.9 Å². The highest BCUT2D eigenvalue weighted by Crippen LogP contribution is 2.35. The molecular formula is C10H13N5O5. The zero-order valence-electron chi connectivity index (χ0n) is 10.2. The zero-order valence-corrected chi connectivity index (χ0v) is 10.2. The van der Waals surface area contributed by atoms with Gasteiger partial charge in [0.1, 0.15) is 30.4 Å². The van der Waals surface area contributed by atoms with E-state index in [1.54, 1.807) is 0 Å². The Morgan fingerprint density at radius 1 is 1.35 bits per heavy atom. The lowest BCUT2D eigenvalue weighted by Gasteiger charge is -2.27. The first-order valence-corrected chi connectivity index (χ1v) is 5.80. The summed E-state index contributed by atoms with van der Waals surface area (Å²) in [5.74, 6) is -2.20. The molecule has 1 aliphatic rings. The van der Waals surface area contributed by atoms with Crippen LogP contribution in [0.2, 0.25) is 0 Å². The van der Waals surface area contributed by atoms with Gasteiger partial charge in [-0.05, 0) is 0 Å². The fourth-order valence-corrected chi connectivity index (χ4v) is 2.22. The first-order chi connectivity index (χ1) is 9.49. The minimum Gasteiger partial charge on any atom is -0.394 e. The van der Waals surface area contributed by atoms with E-state index in [0.717, 1.165) is 10.9 Å². The lowest BCUT2D eigenvalue weighted by atomic mass is 10.1. The minimum atomic E-state index is -2.30. The average Bonchev–Trinajstić information content (AvgIpc) is 2.96. The molecule has 0 amide bonds. The van der Waals surface area contributed by atoms with Crippen molar-refractivity contribution in [1.82, 2.24) is 19.5 Å². The van der Waals surface area contributed by atoms with E-state index in [1.165, 1.54) is 6.33 Å². The number of aliphatic hydroxyl groups is 4. The number of ether oxygens (including phenoxy) is 1. The van der Waals surface area contributed by atoms with Crippen LogP contribution in [0.25, 0.3) is 11.2 Å². The third kappa shape index (κ3) is 1.60. The van der Waals surface area contributed by atoms with Gasteiger partial charge in [0.15, 0.2) is 17.6 Å². The highest BCUT2D eigenvalue weighted by atomic mass is 16.7. The Kier molecular flexibility index (Phi) is 2.84. The molecule has 10 nitrogen and oxygen atoms in total. The van der Waals surface area contributed by atoms with Crippen molar-refractivity contribution in [3.8, 4) is 0 Å². The molecule has 0 spiro atoms. The SMILES string of the molecule is Nc1ncnc2c1ncn2[C@]1(O)O[C@H](CO)[C@@H](O)[C@H]1O. The molecule has 1 fully saturated rings. The molecule has 10 heteroatoms. The van der Waals surface area contributed by atoms with E-state index in [0.29, 0.717) is 0 Å². The number of imidazole rings is 1. The maximum atomic E-state index is 10.5. The van der Waals surface area contributed by atoms with Crippen molar-refractivity contribution >= 4 is 17.0 Å². The summed E-state index contributed by atoms with van der Waals surface area (Å²) in [5, 5.41) is 39.2. The van der Waals surface area contributed by atoms with Crippen LogP contribution in [0.15, 0.2) is 12.7 Å². The highest BCUT2D eigenvalue weighted by Gasteiger charge is 2.55. The molecule has 1 saturated heterocycles. The number of aromatic nitrogens is 4. The minimum absolute atomic E-state index is 0.101. The summed E-state index contributed by atoms with van der Waals surface area (Å²) >= 11 is 0. The van der Waals surface area contributed by atoms with Crippen molar-refractivity contribution < 1.29 is 25.2 Å². The van der Waals surface area contributed by atoms with Crippen LogP contribution in [0.1, 0.15) is 0 Å². The van der Waals surface area contributed by atoms with Gasteiger partial charge in [-0.25, -0.2) is 15.0 Å². The second-order valence-corrected chi connectivity index (χ2v) is 4.48. The smallest absolute Gasteiger partial charge is 0.286 e. The topological polar surface area (TPSA) is 160 Å². The van der Waals surface area contributed by atoms with E-state index in [4.69, 9.17) is 15.6 Å². The van der Waals surface area contributed by atoms with Crippen LogP contribution in [0.4, 0.5) is 5.82 Å². The molecule has 0 radical (unpaired) electrons. The molecule has 0 aromatic carbocycles. The van der Waals surface area contributed by atoms with Crippen molar-refractivity contribution in [2.45, 2.75) is 24.2 Å². The van der Waals surface area contributed by atoms with Gasteiger partial charge >= 0.3 is 0 Å². The van der Waals surface area contributed by atoms with E-state index in [1.807, 2.05) is 0 Å². The Hall–Kier alpha value is -1.85. The quantitative estimate of drug-likeness (QED) is 0.390. The lowest BCUT2D eigenvalue weighted by Crippen LogP contribution is -2.45. The van der Waals surface area contributed by atoms with Crippen molar-refractivity contribution in [2.75, 3.05) is 12.3 Å². The molecule has 3 rings (SSSR count). The Labute approximate surface area is 112 Å². The predicted octanol–water partition coefficient (Wildman–Crippen LogP) is -2.88. The highest BCUT2D eigenvalue weighted by molar-refractivity contribution is 5.81. The van der Waals surface area contributed by atoms with E-state index in [2.05, 4.69) is 15.0 Å². The molecule has 2 aromatic rings. The number of nitrogen functional groups attached to an aromatic ring is 1. The maximum absolute atomic E-state index is 10.5. The Morgan fingerprint density at radius 2 is 2.10 bits per heavy atom. The fraction of sp³-hybridized carbons (Fsp3) is 0.500. The lowest BCUT2D eigenvalue weighted by molar-refractivity contribution is -0.287. The van der Waals surface area contributed by atoms with Gasteiger partial charge in [-0.15, -0.1) is 0 Å². The Morgan fingerprint density at radius 3 is 2.75 bits per heavy atom. The van der Waals surface area contributed by atoms with Crippen LogP contribution in [-0.2, 0) is 10.6 Å². The maximum Gasteiger partial charge on any atom is 0.286 e. The molecule has 0 saturated carbocycles. The number of hydrogen-bond donors (Lipinski definition) is 5. The largest absolute Gasteiger partial charge is 0.394 e. The average molecular weight is 283 g/mol. The molecule has 108 valence electrons. The summed E-state index contributed by atoms with van der Waals surface area (Å²) in [6.45, 7) is -0.565. The number of nitrogens with two attached hydrogens (primary N) is 1. The molecule has 3 heterocycles. The van der Waals surface area contributed by atoms with Crippen LogP contribution >= 0.6 is 0 Å². The van der Waals surface area contributed by atoms with Gasteiger partial charge in [0, 0.05) is 0 Å². The van der Waals surface area contributed by atoms with Crippen LogP contribution in [-0.4, -0.2) is 64.9 Å². The number of nitrogens with zero attached hydrogens (tertiary/aromatic N) is 4. The number of aliphatic hydroxyl groups excluding tert-OH is 3. The van der Waals surface area contributed by atoms with Gasteiger partial charge in [0.2, 0.25) is 0 Å². The van der Waals surface area contributed by atoms with E-state index in [-0.39, 0.29) is 17.0 Å².